The van der Waals surface area contributed by atoms with E-state index in [1.165, 1.54) is 0 Å². The molecule has 0 aliphatic carbocycles. The number of imidazole rings is 1. The molecule has 0 saturated carbocycles. The summed E-state index contributed by atoms with van der Waals surface area (Å²) in [5.74, 6) is -0.330. The molecule has 2 aromatic rings. The summed E-state index contributed by atoms with van der Waals surface area (Å²) in [7, 11) is 0. The van der Waals surface area contributed by atoms with E-state index >= 15 is 0 Å². The number of H-pyrrole nitrogens is 1. The molecular formula is C13H17N3O2. The van der Waals surface area contributed by atoms with E-state index in [4.69, 9.17) is 5.11 Å². The number of benzene rings is 1. The Balaban J connectivity index is 2.12. The minimum Gasteiger partial charge on any atom is -0.480 e. The Morgan fingerprint density at radius 3 is 2.94 bits per heavy atom. The van der Waals surface area contributed by atoms with Gasteiger partial charge in [0.05, 0.1) is 11.0 Å². The van der Waals surface area contributed by atoms with Crippen LogP contribution in [0, 0.1) is 0 Å². The summed E-state index contributed by atoms with van der Waals surface area (Å²) in [5.41, 5.74) is 1.74. The number of para-hydroxylation sites is 2. The van der Waals surface area contributed by atoms with Crippen molar-refractivity contribution in [3.8, 4) is 0 Å². The van der Waals surface area contributed by atoms with Gasteiger partial charge in [0.2, 0.25) is 5.95 Å². The van der Waals surface area contributed by atoms with E-state index in [-0.39, 0.29) is 0 Å². The van der Waals surface area contributed by atoms with Gasteiger partial charge in [-0.05, 0) is 18.6 Å². The zero-order chi connectivity index (χ0) is 13.0. The molecule has 0 spiro atoms. The maximum Gasteiger partial charge on any atom is 0.326 e. The number of rotatable bonds is 6. The van der Waals surface area contributed by atoms with E-state index in [9.17, 15) is 4.79 Å². The first kappa shape index (κ1) is 12.4. The van der Waals surface area contributed by atoms with Crippen LogP contribution in [0.2, 0.25) is 0 Å². The van der Waals surface area contributed by atoms with Gasteiger partial charge in [-0.2, -0.15) is 0 Å². The smallest absolute Gasteiger partial charge is 0.326 e. The average molecular weight is 247 g/mol. The fraction of sp³-hybridized carbons (Fsp3) is 0.385. The van der Waals surface area contributed by atoms with Crippen molar-refractivity contribution in [2.75, 3.05) is 5.32 Å². The van der Waals surface area contributed by atoms with Gasteiger partial charge >= 0.3 is 5.97 Å². The molecule has 1 unspecified atom stereocenters. The number of aliphatic carboxylic acids is 1. The third-order valence-electron chi connectivity index (χ3n) is 2.84. The molecular weight excluding hydrogens is 230 g/mol. The number of nitrogens with one attached hydrogen (secondary N) is 2. The van der Waals surface area contributed by atoms with Crippen LogP contribution in [0.3, 0.4) is 0 Å². The standard InChI is InChI=1S/C13H17N3O2/c1-2-3-6-11(12(17)18)16-13-14-9-7-4-5-8-10(9)15-13/h4-5,7-8,11H,2-3,6H2,1H3,(H,17,18)(H2,14,15,16). The number of carboxylic acids is 1. The van der Waals surface area contributed by atoms with Gasteiger partial charge in [-0.25, -0.2) is 9.78 Å². The van der Waals surface area contributed by atoms with Crippen LogP contribution in [-0.2, 0) is 4.79 Å². The first-order valence-electron chi connectivity index (χ1n) is 6.15. The summed E-state index contributed by atoms with van der Waals surface area (Å²) in [6, 6.07) is 7.02. The third-order valence-corrected chi connectivity index (χ3v) is 2.84. The predicted molar refractivity (Wildman–Crippen MR) is 70.7 cm³/mol. The summed E-state index contributed by atoms with van der Waals surface area (Å²) in [6.07, 6.45) is 2.46. The second-order valence-electron chi connectivity index (χ2n) is 4.28. The Hall–Kier alpha value is -2.04. The lowest BCUT2D eigenvalue weighted by Crippen LogP contribution is -2.29. The van der Waals surface area contributed by atoms with Crippen molar-refractivity contribution in [3.05, 3.63) is 24.3 Å². The predicted octanol–water partition coefficient (Wildman–Crippen LogP) is 2.62. The highest BCUT2D eigenvalue weighted by Crippen LogP contribution is 2.15. The molecule has 1 aromatic heterocycles. The van der Waals surface area contributed by atoms with E-state index in [1.54, 1.807) is 0 Å². The van der Waals surface area contributed by atoms with E-state index in [2.05, 4.69) is 15.3 Å². The molecule has 0 saturated heterocycles. The number of fused-ring (bicyclic) bond motifs is 1. The van der Waals surface area contributed by atoms with Gasteiger partial charge in [-0.3, -0.25) is 0 Å². The van der Waals surface area contributed by atoms with Gasteiger partial charge in [0, 0.05) is 0 Å². The highest BCUT2D eigenvalue weighted by atomic mass is 16.4. The molecule has 1 atom stereocenters. The SMILES string of the molecule is CCCCC(Nc1nc2ccccc2[nH]1)C(=O)O. The normalized spacial score (nSPS) is 12.5. The summed E-state index contributed by atoms with van der Waals surface area (Å²) in [5, 5.41) is 12.1. The summed E-state index contributed by atoms with van der Waals surface area (Å²) in [4.78, 5) is 18.5. The van der Waals surface area contributed by atoms with Crippen LogP contribution in [-0.4, -0.2) is 27.1 Å². The quantitative estimate of drug-likeness (QED) is 0.733. The van der Waals surface area contributed by atoms with Gasteiger partial charge in [0.25, 0.3) is 0 Å². The fourth-order valence-corrected chi connectivity index (χ4v) is 1.85. The molecule has 5 heteroatoms. The molecule has 0 bridgehead atoms. The van der Waals surface area contributed by atoms with Crippen LogP contribution in [0.25, 0.3) is 11.0 Å². The summed E-state index contributed by atoms with van der Waals surface area (Å²) < 4.78 is 0. The van der Waals surface area contributed by atoms with Gasteiger partial charge in [0.1, 0.15) is 6.04 Å². The van der Waals surface area contributed by atoms with Gasteiger partial charge in [0.15, 0.2) is 0 Å². The number of aromatic nitrogens is 2. The van der Waals surface area contributed by atoms with Crippen molar-refractivity contribution < 1.29 is 9.90 Å². The zero-order valence-corrected chi connectivity index (χ0v) is 10.3. The lowest BCUT2D eigenvalue weighted by molar-refractivity contribution is -0.138. The number of carboxylic acid groups (broad SMARTS) is 1. The minimum atomic E-state index is -0.844. The molecule has 0 amide bonds. The number of aromatic amines is 1. The van der Waals surface area contributed by atoms with E-state index < -0.39 is 12.0 Å². The lowest BCUT2D eigenvalue weighted by atomic mass is 10.1. The van der Waals surface area contributed by atoms with E-state index in [0.717, 1.165) is 23.9 Å². The van der Waals surface area contributed by atoms with Crippen molar-refractivity contribution in [2.45, 2.75) is 32.2 Å². The van der Waals surface area contributed by atoms with Crippen molar-refractivity contribution >= 4 is 23.0 Å². The Morgan fingerprint density at radius 2 is 2.28 bits per heavy atom. The highest BCUT2D eigenvalue weighted by molar-refractivity contribution is 5.80. The lowest BCUT2D eigenvalue weighted by Gasteiger charge is -2.12. The van der Waals surface area contributed by atoms with Crippen molar-refractivity contribution in [2.24, 2.45) is 0 Å². The van der Waals surface area contributed by atoms with E-state index in [1.807, 2.05) is 31.2 Å². The van der Waals surface area contributed by atoms with Crippen LogP contribution in [0.4, 0.5) is 5.95 Å². The molecule has 1 aromatic carbocycles. The molecule has 0 radical (unpaired) electrons. The molecule has 2 rings (SSSR count). The number of carbonyl (C=O) groups is 1. The molecule has 96 valence electrons. The number of unbranched alkanes of at least 4 members (excludes halogenated alkanes) is 1. The Morgan fingerprint density at radius 1 is 1.50 bits per heavy atom. The molecule has 5 nitrogen and oxygen atoms in total. The van der Waals surface area contributed by atoms with Crippen molar-refractivity contribution in [3.63, 3.8) is 0 Å². The Bertz CT molecular complexity index is 503. The topological polar surface area (TPSA) is 78.0 Å². The molecule has 0 aliphatic heterocycles. The van der Waals surface area contributed by atoms with Crippen LogP contribution in [0.1, 0.15) is 26.2 Å². The summed E-state index contributed by atoms with van der Waals surface area (Å²) in [6.45, 7) is 2.04. The molecule has 0 aliphatic rings. The van der Waals surface area contributed by atoms with Gasteiger partial charge in [-0.1, -0.05) is 31.9 Å². The number of hydrogen-bond donors (Lipinski definition) is 3. The maximum absolute atomic E-state index is 11.1. The van der Waals surface area contributed by atoms with Crippen molar-refractivity contribution in [1.82, 2.24) is 9.97 Å². The summed E-state index contributed by atoms with van der Waals surface area (Å²) >= 11 is 0. The Kier molecular flexibility index (Phi) is 3.82. The van der Waals surface area contributed by atoms with Gasteiger partial charge in [-0.15, -0.1) is 0 Å². The monoisotopic (exact) mass is 247 g/mol. The number of nitrogens with zero attached hydrogens (tertiary/aromatic N) is 1. The maximum atomic E-state index is 11.1. The van der Waals surface area contributed by atoms with Crippen LogP contribution < -0.4 is 5.32 Å². The molecule has 1 heterocycles. The highest BCUT2D eigenvalue weighted by Gasteiger charge is 2.17. The van der Waals surface area contributed by atoms with Crippen LogP contribution in [0.5, 0.6) is 0 Å². The third kappa shape index (κ3) is 2.80. The fourth-order valence-electron chi connectivity index (χ4n) is 1.85. The second-order valence-corrected chi connectivity index (χ2v) is 4.28. The number of hydrogen-bond acceptors (Lipinski definition) is 3. The number of anilines is 1. The zero-order valence-electron chi connectivity index (χ0n) is 10.3. The van der Waals surface area contributed by atoms with Crippen LogP contribution in [0.15, 0.2) is 24.3 Å². The largest absolute Gasteiger partial charge is 0.480 e. The van der Waals surface area contributed by atoms with Crippen molar-refractivity contribution in [1.29, 1.82) is 0 Å². The minimum absolute atomic E-state index is 0.514. The molecule has 0 fully saturated rings. The molecule has 18 heavy (non-hydrogen) atoms. The first-order valence-corrected chi connectivity index (χ1v) is 6.15. The second kappa shape index (κ2) is 5.53. The van der Waals surface area contributed by atoms with Crippen LogP contribution >= 0.6 is 0 Å². The average Bonchev–Trinajstić information content (AvgIpc) is 2.76. The van der Waals surface area contributed by atoms with E-state index in [0.29, 0.717) is 12.4 Å². The molecule has 3 N–H and O–H groups in total. The van der Waals surface area contributed by atoms with Gasteiger partial charge < -0.3 is 15.4 Å². The Labute approximate surface area is 105 Å². The first-order chi connectivity index (χ1) is 8.70.